The number of sulfonamides is 1. The summed E-state index contributed by atoms with van der Waals surface area (Å²) in [5.41, 5.74) is 3.41. The molecule has 0 spiro atoms. The second kappa shape index (κ2) is 9.77. The van der Waals surface area contributed by atoms with Gasteiger partial charge in [0.15, 0.2) is 0 Å². The minimum atomic E-state index is -3.38. The fourth-order valence-corrected chi connectivity index (χ4v) is 5.15. The summed E-state index contributed by atoms with van der Waals surface area (Å²) in [4.78, 5) is 20.3. The molecule has 1 aromatic heterocycles. The van der Waals surface area contributed by atoms with Crippen molar-refractivity contribution in [3.63, 3.8) is 0 Å². The Kier molecular flexibility index (Phi) is 6.93. The fraction of sp³-hybridized carbons (Fsp3) is 0.400. The fourth-order valence-electron chi connectivity index (χ4n) is 4.59. The van der Waals surface area contributed by atoms with Gasteiger partial charge in [-0.25, -0.2) is 12.8 Å². The largest absolute Gasteiger partial charge is 0.381 e. The van der Waals surface area contributed by atoms with E-state index in [0.29, 0.717) is 24.5 Å². The Bertz CT molecular complexity index is 1330. The SMILES string of the molecule is CC(C)Nc1cc(F)ccc1N(C)C1CCN(C(=O)c2cc3cc(NS(C)(=O)=O)ccc3[nH]2)CC1. The van der Waals surface area contributed by atoms with Gasteiger partial charge in [-0.15, -0.1) is 0 Å². The second-order valence-electron chi connectivity index (χ2n) is 9.45. The Morgan fingerprint density at radius 1 is 1.14 bits per heavy atom. The Morgan fingerprint density at radius 2 is 1.86 bits per heavy atom. The van der Waals surface area contributed by atoms with E-state index in [1.165, 1.54) is 12.1 Å². The van der Waals surface area contributed by atoms with E-state index < -0.39 is 10.0 Å². The zero-order valence-electron chi connectivity index (χ0n) is 20.4. The van der Waals surface area contributed by atoms with E-state index in [1.807, 2.05) is 25.8 Å². The maximum Gasteiger partial charge on any atom is 0.270 e. The van der Waals surface area contributed by atoms with Gasteiger partial charge < -0.3 is 20.1 Å². The van der Waals surface area contributed by atoms with Crippen LogP contribution in [0, 0.1) is 5.82 Å². The summed E-state index contributed by atoms with van der Waals surface area (Å²) in [6.45, 7) is 5.26. The molecule has 1 aliphatic heterocycles. The van der Waals surface area contributed by atoms with Crippen LogP contribution in [0.2, 0.25) is 0 Å². The molecule has 2 heterocycles. The van der Waals surface area contributed by atoms with Crippen LogP contribution >= 0.6 is 0 Å². The average molecular weight is 502 g/mol. The molecule has 0 saturated carbocycles. The Labute approximate surface area is 205 Å². The van der Waals surface area contributed by atoms with Crippen molar-refractivity contribution in [3.05, 3.63) is 54.0 Å². The molecule has 8 nitrogen and oxygen atoms in total. The molecule has 3 aromatic rings. The number of nitrogens with one attached hydrogen (secondary N) is 3. The molecule has 0 aliphatic carbocycles. The predicted molar refractivity (Wildman–Crippen MR) is 139 cm³/mol. The van der Waals surface area contributed by atoms with Gasteiger partial charge in [0, 0.05) is 48.8 Å². The maximum atomic E-state index is 13.8. The van der Waals surface area contributed by atoms with Crippen LogP contribution < -0.4 is 14.9 Å². The smallest absolute Gasteiger partial charge is 0.270 e. The van der Waals surface area contributed by atoms with Gasteiger partial charge in [-0.05, 0) is 69.2 Å². The summed E-state index contributed by atoms with van der Waals surface area (Å²) in [6.07, 6.45) is 2.69. The lowest BCUT2D eigenvalue weighted by Gasteiger charge is -2.38. The van der Waals surface area contributed by atoms with Crippen molar-refractivity contribution >= 4 is 43.9 Å². The number of anilines is 3. The lowest BCUT2D eigenvalue weighted by atomic mass is 10.0. The highest BCUT2D eigenvalue weighted by atomic mass is 32.2. The molecule has 1 fully saturated rings. The molecule has 3 N–H and O–H groups in total. The minimum absolute atomic E-state index is 0.0797. The molecular weight excluding hydrogens is 469 g/mol. The number of H-pyrrole nitrogens is 1. The van der Waals surface area contributed by atoms with Crippen molar-refractivity contribution < 1.29 is 17.6 Å². The first kappa shape index (κ1) is 24.8. The molecule has 4 rings (SSSR count). The van der Waals surface area contributed by atoms with Gasteiger partial charge in [0.05, 0.1) is 17.6 Å². The van der Waals surface area contributed by atoms with Crippen molar-refractivity contribution in [1.82, 2.24) is 9.88 Å². The summed E-state index contributed by atoms with van der Waals surface area (Å²) < 4.78 is 39.3. The third-order valence-corrected chi connectivity index (χ3v) is 6.84. The quantitative estimate of drug-likeness (QED) is 0.450. The van der Waals surface area contributed by atoms with Gasteiger partial charge in [-0.3, -0.25) is 9.52 Å². The number of amides is 1. The van der Waals surface area contributed by atoms with Crippen LogP contribution in [0.15, 0.2) is 42.5 Å². The van der Waals surface area contributed by atoms with E-state index in [2.05, 4.69) is 19.9 Å². The van der Waals surface area contributed by atoms with Gasteiger partial charge in [-0.2, -0.15) is 0 Å². The molecule has 1 saturated heterocycles. The highest BCUT2D eigenvalue weighted by Crippen LogP contribution is 2.31. The third-order valence-electron chi connectivity index (χ3n) is 6.24. The summed E-state index contributed by atoms with van der Waals surface area (Å²) >= 11 is 0. The van der Waals surface area contributed by atoms with Crippen LogP contribution in [0.5, 0.6) is 0 Å². The van der Waals surface area contributed by atoms with E-state index >= 15 is 0 Å². The molecular formula is C25H32FN5O3S. The number of piperidine rings is 1. The van der Waals surface area contributed by atoms with Gasteiger partial charge in [0.1, 0.15) is 11.5 Å². The number of rotatable bonds is 7. The molecule has 0 radical (unpaired) electrons. The molecule has 0 unspecified atom stereocenters. The predicted octanol–water partition coefficient (Wildman–Crippen LogP) is 4.24. The van der Waals surface area contributed by atoms with Crippen LogP contribution in [-0.4, -0.2) is 62.7 Å². The van der Waals surface area contributed by atoms with E-state index in [0.717, 1.165) is 41.4 Å². The number of likely N-dealkylation sites (tertiary alicyclic amines) is 1. The van der Waals surface area contributed by atoms with E-state index in [-0.39, 0.29) is 23.8 Å². The lowest BCUT2D eigenvalue weighted by Crippen LogP contribution is -2.46. The minimum Gasteiger partial charge on any atom is -0.381 e. The normalized spacial score (nSPS) is 15.0. The van der Waals surface area contributed by atoms with Crippen LogP contribution in [0.1, 0.15) is 37.2 Å². The van der Waals surface area contributed by atoms with Crippen LogP contribution in [0.4, 0.5) is 21.5 Å². The highest BCUT2D eigenvalue weighted by molar-refractivity contribution is 7.92. The number of aromatic nitrogens is 1. The van der Waals surface area contributed by atoms with Gasteiger partial charge in [0.2, 0.25) is 10.0 Å². The van der Waals surface area contributed by atoms with E-state index in [1.54, 1.807) is 30.3 Å². The first-order chi connectivity index (χ1) is 16.5. The van der Waals surface area contributed by atoms with Crippen LogP contribution in [0.3, 0.4) is 0 Å². The Hall–Kier alpha value is -3.27. The van der Waals surface area contributed by atoms with Gasteiger partial charge in [0.25, 0.3) is 5.91 Å². The number of carbonyl (C=O) groups excluding carboxylic acids is 1. The van der Waals surface area contributed by atoms with Gasteiger partial charge >= 0.3 is 0 Å². The summed E-state index contributed by atoms with van der Waals surface area (Å²) in [5, 5.41) is 4.09. The number of nitrogens with zero attached hydrogens (tertiary/aromatic N) is 2. The summed E-state index contributed by atoms with van der Waals surface area (Å²) in [6, 6.07) is 12.1. The number of benzene rings is 2. The first-order valence-electron chi connectivity index (χ1n) is 11.7. The van der Waals surface area contributed by atoms with Crippen molar-refractivity contribution in [1.29, 1.82) is 0 Å². The molecule has 1 amide bonds. The molecule has 10 heteroatoms. The topological polar surface area (TPSA) is 97.5 Å². The number of aromatic amines is 1. The number of carbonyl (C=O) groups is 1. The van der Waals surface area contributed by atoms with Crippen molar-refractivity contribution in [2.75, 3.05) is 41.3 Å². The van der Waals surface area contributed by atoms with Crippen molar-refractivity contribution in [3.8, 4) is 0 Å². The van der Waals surface area contributed by atoms with E-state index in [9.17, 15) is 17.6 Å². The first-order valence-corrected chi connectivity index (χ1v) is 13.6. The average Bonchev–Trinajstić information content (AvgIpc) is 3.20. The maximum absolute atomic E-state index is 13.8. The number of hydrogen-bond acceptors (Lipinski definition) is 5. The van der Waals surface area contributed by atoms with Crippen molar-refractivity contribution in [2.45, 2.75) is 38.8 Å². The van der Waals surface area contributed by atoms with Crippen LogP contribution in [0.25, 0.3) is 10.9 Å². The monoisotopic (exact) mass is 501 g/mol. The number of hydrogen-bond donors (Lipinski definition) is 3. The standard InChI is InChI=1S/C25H32FN5O3S/c1-16(2)27-22-15-18(26)5-8-24(22)30(3)20-9-11-31(12-10-20)25(32)23-14-17-13-19(29-35(4,33)34)6-7-21(17)28-23/h5-8,13-16,20,27-29H,9-12H2,1-4H3. The molecule has 0 atom stereocenters. The summed E-state index contributed by atoms with van der Waals surface area (Å²) in [7, 11) is -1.36. The highest BCUT2D eigenvalue weighted by Gasteiger charge is 2.28. The molecule has 0 bridgehead atoms. The van der Waals surface area contributed by atoms with E-state index in [4.69, 9.17) is 0 Å². The zero-order chi connectivity index (χ0) is 25.3. The van der Waals surface area contributed by atoms with Crippen molar-refractivity contribution in [2.24, 2.45) is 0 Å². The third kappa shape index (κ3) is 5.87. The zero-order valence-corrected chi connectivity index (χ0v) is 21.2. The Balaban J connectivity index is 1.43. The molecule has 1 aliphatic rings. The Morgan fingerprint density at radius 3 is 2.51 bits per heavy atom. The second-order valence-corrected chi connectivity index (χ2v) is 11.2. The molecule has 35 heavy (non-hydrogen) atoms. The molecule has 188 valence electrons. The number of halogens is 1. The van der Waals surface area contributed by atoms with Gasteiger partial charge in [-0.1, -0.05) is 0 Å². The van der Waals surface area contributed by atoms with Crippen LogP contribution in [-0.2, 0) is 10.0 Å². The summed E-state index contributed by atoms with van der Waals surface area (Å²) in [5.74, 6) is -0.354. The molecule has 2 aromatic carbocycles. The number of fused-ring (bicyclic) bond motifs is 1. The lowest BCUT2D eigenvalue weighted by molar-refractivity contribution is 0.0708.